The van der Waals surface area contributed by atoms with E-state index in [1.807, 2.05) is 6.92 Å². The van der Waals surface area contributed by atoms with Crippen LogP contribution >= 0.6 is 0 Å². The van der Waals surface area contributed by atoms with Crippen molar-refractivity contribution in [2.24, 2.45) is 11.8 Å². The van der Waals surface area contributed by atoms with Crippen LogP contribution in [0, 0.1) is 25.7 Å². The first kappa shape index (κ1) is 12.1. The number of anilines is 2. The van der Waals surface area contributed by atoms with Crippen LogP contribution in [0.5, 0.6) is 0 Å². The van der Waals surface area contributed by atoms with Crippen molar-refractivity contribution >= 4 is 11.6 Å². The van der Waals surface area contributed by atoms with E-state index < -0.39 is 0 Å². The molecule has 4 heteroatoms. The summed E-state index contributed by atoms with van der Waals surface area (Å²) < 4.78 is 0. The summed E-state index contributed by atoms with van der Waals surface area (Å²) in [5, 5.41) is 6.73. The molecule has 2 rings (SSSR count). The molecule has 2 N–H and O–H groups in total. The van der Waals surface area contributed by atoms with Gasteiger partial charge in [-0.3, -0.25) is 0 Å². The summed E-state index contributed by atoms with van der Waals surface area (Å²) in [6.45, 7) is 10.3. The van der Waals surface area contributed by atoms with Crippen LogP contribution in [-0.2, 0) is 0 Å². The minimum atomic E-state index is 0.817. The molecule has 0 aliphatic heterocycles. The standard InChI is InChI=1S/C13H22N4/c1-5-14-12-9(3)13(17-10(4)16-12)15-7-11-6-8(11)2/h8,11H,5-7H2,1-4H3,(H2,14,15,16,17). The first-order valence-corrected chi connectivity index (χ1v) is 6.44. The number of hydrogen-bond acceptors (Lipinski definition) is 4. The second-order valence-corrected chi connectivity index (χ2v) is 4.98. The predicted molar refractivity (Wildman–Crippen MR) is 71.4 cm³/mol. The van der Waals surface area contributed by atoms with Gasteiger partial charge in [-0.15, -0.1) is 0 Å². The number of aryl methyl sites for hydroxylation is 1. The fraction of sp³-hybridized carbons (Fsp3) is 0.692. The highest BCUT2D eigenvalue weighted by atomic mass is 15.1. The van der Waals surface area contributed by atoms with Crippen LogP contribution in [0.25, 0.3) is 0 Å². The molecular formula is C13H22N4. The van der Waals surface area contributed by atoms with E-state index in [0.29, 0.717) is 0 Å². The van der Waals surface area contributed by atoms with Crippen molar-refractivity contribution in [3.63, 3.8) is 0 Å². The third-order valence-electron chi connectivity index (χ3n) is 3.41. The van der Waals surface area contributed by atoms with E-state index in [1.165, 1.54) is 6.42 Å². The maximum absolute atomic E-state index is 4.48. The van der Waals surface area contributed by atoms with Crippen LogP contribution in [0.1, 0.15) is 31.7 Å². The van der Waals surface area contributed by atoms with E-state index in [4.69, 9.17) is 0 Å². The Morgan fingerprint density at radius 1 is 1.18 bits per heavy atom. The highest BCUT2D eigenvalue weighted by Gasteiger charge is 2.32. The van der Waals surface area contributed by atoms with Gasteiger partial charge in [0.25, 0.3) is 0 Å². The van der Waals surface area contributed by atoms with E-state index >= 15 is 0 Å². The first-order chi connectivity index (χ1) is 8.11. The molecule has 1 aliphatic carbocycles. The van der Waals surface area contributed by atoms with Gasteiger partial charge >= 0.3 is 0 Å². The van der Waals surface area contributed by atoms with Gasteiger partial charge in [-0.25, -0.2) is 9.97 Å². The van der Waals surface area contributed by atoms with Crippen molar-refractivity contribution < 1.29 is 0 Å². The summed E-state index contributed by atoms with van der Waals surface area (Å²) >= 11 is 0. The molecule has 4 nitrogen and oxygen atoms in total. The number of nitrogens with zero attached hydrogens (tertiary/aromatic N) is 2. The second kappa shape index (κ2) is 4.90. The molecule has 1 heterocycles. The Kier molecular flexibility index (Phi) is 3.50. The third-order valence-corrected chi connectivity index (χ3v) is 3.41. The van der Waals surface area contributed by atoms with E-state index in [-0.39, 0.29) is 0 Å². The van der Waals surface area contributed by atoms with Crippen molar-refractivity contribution in [3.8, 4) is 0 Å². The van der Waals surface area contributed by atoms with Gasteiger partial charge in [-0.2, -0.15) is 0 Å². The predicted octanol–water partition coefficient (Wildman–Crippen LogP) is 2.59. The zero-order valence-electron chi connectivity index (χ0n) is 11.2. The number of nitrogens with one attached hydrogen (secondary N) is 2. The normalized spacial score (nSPS) is 22.4. The van der Waals surface area contributed by atoms with E-state index in [0.717, 1.165) is 47.9 Å². The minimum Gasteiger partial charge on any atom is -0.370 e. The van der Waals surface area contributed by atoms with Gasteiger partial charge in [-0.1, -0.05) is 6.92 Å². The number of hydrogen-bond donors (Lipinski definition) is 2. The lowest BCUT2D eigenvalue weighted by atomic mass is 10.2. The molecule has 0 spiro atoms. The average molecular weight is 234 g/mol. The summed E-state index contributed by atoms with van der Waals surface area (Å²) in [6, 6.07) is 0. The van der Waals surface area contributed by atoms with Gasteiger partial charge < -0.3 is 10.6 Å². The molecule has 1 saturated carbocycles. The maximum atomic E-state index is 4.48. The molecule has 2 unspecified atom stereocenters. The minimum absolute atomic E-state index is 0.817. The molecule has 17 heavy (non-hydrogen) atoms. The summed E-state index contributed by atoms with van der Waals surface area (Å²) in [5.41, 5.74) is 1.12. The molecule has 0 aromatic carbocycles. The van der Waals surface area contributed by atoms with E-state index in [2.05, 4.69) is 41.4 Å². The molecule has 1 aliphatic rings. The molecule has 1 fully saturated rings. The van der Waals surface area contributed by atoms with E-state index in [1.54, 1.807) is 0 Å². The Morgan fingerprint density at radius 2 is 1.76 bits per heavy atom. The Labute approximate surface area is 103 Å². The summed E-state index contributed by atoms with van der Waals surface area (Å²) in [5.74, 6) is 4.45. The van der Waals surface area contributed by atoms with Crippen molar-refractivity contribution in [3.05, 3.63) is 11.4 Å². The molecule has 94 valence electrons. The summed E-state index contributed by atoms with van der Waals surface area (Å²) in [7, 11) is 0. The van der Waals surface area contributed by atoms with Crippen molar-refractivity contribution in [2.45, 2.75) is 34.1 Å². The third kappa shape index (κ3) is 2.87. The van der Waals surface area contributed by atoms with Crippen LogP contribution < -0.4 is 10.6 Å². The molecule has 2 atom stereocenters. The molecule has 1 aromatic rings. The monoisotopic (exact) mass is 234 g/mol. The SMILES string of the molecule is CCNc1nc(C)nc(NCC2CC2C)c1C. The van der Waals surface area contributed by atoms with Crippen LogP contribution in [0.2, 0.25) is 0 Å². The lowest BCUT2D eigenvalue weighted by Gasteiger charge is -2.13. The van der Waals surface area contributed by atoms with Crippen molar-refractivity contribution in [2.75, 3.05) is 23.7 Å². The van der Waals surface area contributed by atoms with Crippen LogP contribution in [-0.4, -0.2) is 23.1 Å². The lowest BCUT2D eigenvalue weighted by molar-refractivity contribution is 0.782. The highest BCUT2D eigenvalue weighted by Crippen LogP contribution is 2.37. The van der Waals surface area contributed by atoms with Crippen molar-refractivity contribution in [1.82, 2.24) is 9.97 Å². The lowest BCUT2D eigenvalue weighted by Crippen LogP contribution is -2.12. The fourth-order valence-electron chi connectivity index (χ4n) is 2.05. The Bertz CT molecular complexity index is 403. The van der Waals surface area contributed by atoms with Gasteiger partial charge in [0.1, 0.15) is 17.5 Å². The zero-order valence-corrected chi connectivity index (χ0v) is 11.2. The average Bonchev–Trinajstić information content (AvgIpc) is 2.98. The smallest absolute Gasteiger partial charge is 0.134 e. The summed E-state index contributed by atoms with van der Waals surface area (Å²) in [6.07, 6.45) is 1.34. The summed E-state index contributed by atoms with van der Waals surface area (Å²) in [4.78, 5) is 8.90. The van der Waals surface area contributed by atoms with E-state index in [9.17, 15) is 0 Å². The van der Waals surface area contributed by atoms with Gasteiger partial charge in [0.2, 0.25) is 0 Å². The molecule has 1 aromatic heterocycles. The van der Waals surface area contributed by atoms with Gasteiger partial charge in [-0.05, 0) is 39.0 Å². The van der Waals surface area contributed by atoms with Crippen LogP contribution in [0.15, 0.2) is 0 Å². The highest BCUT2D eigenvalue weighted by molar-refractivity contribution is 5.57. The van der Waals surface area contributed by atoms with Crippen LogP contribution in [0.4, 0.5) is 11.6 Å². The zero-order chi connectivity index (χ0) is 12.4. The Balaban J connectivity index is 2.08. The first-order valence-electron chi connectivity index (χ1n) is 6.44. The Morgan fingerprint density at radius 3 is 2.29 bits per heavy atom. The van der Waals surface area contributed by atoms with Crippen molar-refractivity contribution in [1.29, 1.82) is 0 Å². The Hall–Kier alpha value is -1.32. The van der Waals surface area contributed by atoms with Crippen LogP contribution in [0.3, 0.4) is 0 Å². The largest absolute Gasteiger partial charge is 0.370 e. The maximum Gasteiger partial charge on any atom is 0.134 e. The molecule has 0 saturated heterocycles. The number of rotatable bonds is 5. The molecule has 0 radical (unpaired) electrons. The molecule has 0 bridgehead atoms. The topological polar surface area (TPSA) is 49.8 Å². The molecular weight excluding hydrogens is 212 g/mol. The fourth-order valence-corrected chi connectivity index (χ4v) is 2.05. The second-order valence-electron chi connectivity index (χ2n) is 4.98. The quantitative estimate of drug-likeness (QED) is 0.822. The van der Waals surface area contributed by atoms with Gasteiger partial charge in [0.15, 0.2) is 0 Å². The molecule has 0 amide bonds. The van der Waals surface area contributed by atoms with Gasteiger partial charge in [0.05, 0.1) is 0 Å². The van der Waals surface area contributed by atoms with Gasteiger partial charge in [0, 0.05) is 18.7 Å². The number of aromatic nitrogens is 2.